The van der Waals surface area contributed by atoms with Gasteiger partial charge in [-0.1, -0.05) is 31.4 Å². The van der Waals surface area contributed by atoms with Crippen molar-refractivity contribution in [3.63, 3.8) is 0 Å². The van der Waals surface area contributed by atoms with Crippen molar-refractivity contribution in [2.24, 2.45) is 0 Å². The summed E-state index contributed by atoms with van der Waals surface area (Å²) in [5.74, 6) is 1.21. The minimum absolute atomic E-state index is 0.144. The van der Waals surface area contributed by atoms with Crippen LogP contribution in [0.1, 0.15) is 24.5 Å². The monoisotopic (exact) mass is 446 g/mol. The minimum atomic E-state index is -4.44. The number of hydrogen-bond donors (Lipinski definition) is 1. The predicted octanol–water partition coefficient (Wildman–Crippen LogP) is 5.28. The van der Waals surface area contributed by atoms with Crippen LogP contribution in [0, 0.1) is 0 Å². The molecule has 3 rings (SSSR count). The highest BCUT2D eigenvalue weighted by Crippen LogP contribution is 2.32. The first kappa shape index (κ1) is 23.4. The van der Waals surface area contributed by atoms with Crippen LogP contribution in [0.4, 0.5) is 18.9 Å². The molecule has 0 aliphatic carbocycles. The van der Waals surface area contributed by atoms with E-state index in [-0.39, 0.29) is 18.6 Å². The van der Waals surface area contributed by atoms with E-state index in [9.17, 15) is 18.3 Å². The van der Waals surface area contributed by atoms with E-state index < -0.39 is 11.7 Å². The molecular formula is C24H25F3N2O3. The smallest absolute Gasteiger partial charge is 0.417 e. The normalized spacial score (nSPS) is 16.7. The number of benzene rings is 1. The third kappa shape index (κ3) is 5.70. The van der Waals surface area contributed by atoms with Crippen LogP contribution in [0.3, 0.4) is 0 Å². The Kier molecular flexibility index (Phi) is 7.25. The van der Waals surface area contributed by atoms with Gasteiger partial charge in [0.25, 0.3) is 0 Å². The molecule has 1 fully saturated rings. The molecule has 1 atom stereocenters. The Hall–Kier alpha value is -3.26. The van der Waals surface area contributed by atoms with Gasteiger partial charge in [-0.3, -0.25) is 0 Å². The van der Waals surface area contributed by atoms with E-state index in [1.54, 1.807) is 24.3 Å². The van der Waals surface area contributed by atoms with Gasteiger partial charge in [0.2, 0.25) is 5.88 Å². The maximum absolute atomic E-state index is 12.7. The number of aromatic nitrogens is 1. The molecule has 2 heterocycles. The highest BCUT2D eigenvalue weighted by molar-refractivity contribution is 5.58. The Labute approximate surface area is 185 Å². The van der Waals surface area contributed by atoms with Gasteiger partial charge in [0, 0.05) is 42.5 Å². The maximum atomic E-state index is 12.7. The van der Waals surface area contributed by atoms with Gasteiger partial charge in [-0.2, -0.15) is 13.2 Å². The van der Waals surface area contributed by atoms with Gasteiger partial charge in [0.15, 0.2) is 0 Å². The first-order valence-electron chi connectivity index (χ1n) is 10.1. The van der Waals surface area contributed by atoms with Gasteiger partial charge in [-0.05, 0) is 24.6 Å². The largest absolute Gasteiger partial charge is 0.472 e. The molecule has 1 aliphatic heterocycles. The average Bonchev–Trinajstić information content (AvgIpc) is 3.22. The fourth-order valence-electron chi connectivity index (χ4n) is 3.36. The van der Waals surface area contributed by atoms with Crippen LogP contribution in [0.25, 0.3) is 0 Å². The Morgan fingerprint density at radius 2 is 2.09 bits per heavy atom. The van der Waals surface area contributed by atoms with E-state index >= 15 is 0 Å². The van der Waals surface area contributed by atoms with E-state index in [1.165, 1.54) is 6.07 Å². The number of halogens is 3. The SMILES string of the molecule is C=C/C=C(/C)C(=C)Oc1ccc(CO)c(N2CC[C@H](Oc3ccc(C(F)(F)F)cn3)C2)c1. The molecule has 0 amide bonds. The van der Waals surface area contributed by atoms with Crippen molar-refractivity contribution in [1.29, 1.82) is 0 Å². The van der Waals surface area contributed by atoms with E-state index in [4.69, 9.17) is 9.47 Å². The van der Waals surface area contributed by atoms with Gasteiger partial charge >= 0.3 is 6.18 Å². The third-order valence-corrected chi connectivity index (χ3v) is 5.11. The molecule has 32 heavy (non-hydrogen) atoms. The van der Waals surface area contributed by atoms with Crippen LogP contribution < -0.4 is 14.4 Å². The standard InChI is InChI=1S/C24H25F3N2O3/c1-4-5-16(2)17(3)31-20-8-6-18(15-30)22(12-20)29-11-10-21(14-29)32-23-9-7-19(13-28-23)24(25,26)27/h4-9,12-13,21,30H,1,3,10-11,14-15H2,2H3/b16-5-/t21-/m0/s1. The lowest BCUT2D eigenvalue weighted by Gasteiger charge is -2.23. The van der Waals surface area contributed by atoms with Crippen LogP contribution in [0.2, 0.25) is 0 Å². The van der Waals surface area contributed by atoms with E-state index in [0.29, 0.717) is 31.0 Å². The van der Waals surface area contributed by atoms with Crippen molar-refractivity contribution >= 4 is 5.69 Å². The Morgan fingerprint density at radius 3 is 2.72 bits per heavy atom. The molecule has 0 spiro atoms. The lowest BCUT2D eigenvalue weighted by molar-refractivity contribution is -0.137. The Bertz CT molecular complexity index is 1000. The van der Waals surface area contributed by atoms with Crippen molar-refractivity contribution in [3.05, 3.63) is 84.3 Å². The summed E-state index contributed by atoms with van der Waals surface area (Å²) in [5.41, 5.74) is 1.55. The number of anilines is 1. The predicted molar refractivity (Wildman–Crippen MR) is 117 cm³/mol. The molecule has 1 N–H and O–H groups in total. The van der Waals surface area contributed by atoms with E-state index in [0.717, 1.165) is 29.1 Å². The fourth-order valence-corrected chi connectivity index (χ4v) is 3.36. The number of alkyl halides is 3. The number of aliphatic hydroxyl groups excluding tert-OH is 1. The van der Waals surface area contributed by atoms with Gasteiger partial charge in [0.1, 0.15) is 17.6 Å². The highest BCUT2D eigenvalue weighted by atomic mass is 19.4. The Morgan fingerprint density at radius 1 is 1.31 bits per heavy atom. The molecule has 1 saturated heterocycles. The van der Waals surface area contributed by atoms with Crippen LogP contribution in [0.5, 0.6) is 11.6 Å². The number of pyridine rings is 1. The summed E-state index contributed by atoms with van der Waals surface area (Å²) in [6.45, 7) is 10.4. The summed E-state index contributed by atoms with van der Waals surface area (Å²) in [5, 5.41) is 9.76. The molecule has 1 aliphatic rings. The van der Waals surface area contributed by atoms with Gasteiger partial charge in [-0.15, -0.1) is 0 Å². The van der Waals surface area contributed by atoms with Crippen LogP contribution in [-0.2, 0) is 12.8 Å². The summed E-state index contributed by atoms with van der Waals surface area (Å²) in [7, 11) is 0. The maximum Gasteiger partial charge on any atom is 0.417 e. The summed E-state index contributed by atoms with van der Waals surface area (Å²) < 4.78 is 49.7. The minimum Gasteiger partial charge on any atom is -0.472 e. The van der Waals surface area contributed by atoms with Gasteiger partial charge in [-0.25, -0.2) is 4.98 Å². The summed E-state index contributed by atoms with van der Waals surface area (Å²) >= 11 is 0. The first-order valence-corrected chi connectivity index (χ1v) is 10.1. The van der Waals surface area contributed by atoms with Crippen LogP contribution in [-0.4, -0.2) is 29.3 Å². The van der Waals surface area contributed by atoms with Crippen LogP contribution in [0.15, 0.2) is 73.2 Å². The molecule has 0 bridgehead atoms. The zero-order valence-corrected chi connectivity index (χ0v) is 17.7. The number of aliphatic hydroxyl groups is 1. The average molecular weight is 446 g/mol. The third-order valence-electron chi connectivity index (χ3n) is 5.11. The molecule has 1 aromatic carbocycles. The molecule has 1 aromatic heterocycles. The van der Waals surface area contributed by atoms with E-state index in [2.05, 4.69) is 18.1 Å². The molecule has 5 nitrogen and oxygen atoms in total. The van der Waals surface area contributed by atoms with Gasteiger partial charge in [0.05, 0.1) is 18.7 Å². The van der Waals surface area contributed by atoms with Gasteiger partial charge < -0.3 is 19.5 Å². The molecule has 0 saturated carbocycles. The molecule has 8 heteroatoms. The second kappa shape index (κ2) is 9.91. The van der Waals surface area contributed by atoms with Crippen molar-refractivity contribution in [2.45, 2.75) is 32.2 Å². The zero-order valence-electron chi connectivity index (χ0n) is 17.7. The molecule has 2 aromatic rings. The van der Waals surface area contributed by atoms with Crippen molar-refractivity contribution in [1.82, 2.24) is 4.98 Å². The van der Waals surface area contributed by atoms with Crippen molar-refractivity contribution in [3.8, 4) is 11.6 Å². The Balaban J connectivity index is 1.69. The molecule has 0 radical (unpaired) electrons. The summed E-state index contributed by atoms with van der Waals surface area (Å²) in [4.78, 5) is 5.82. The van der Waals surface area contributed by atoms with Crippen molar-refractivity contribution < 1.29 is 27.8 Å². The summed E-state index contributed by atoms with van der Waals surface area (Å²) in [6, 6.07) is 7.56. The second-order valence-corrected chi connectivity index (χ2v) is 7.42. The number of allylic oxidation sites excluding steroid dienone is 3. The van der Waals surface area contributed by atoms with E-state index in [1.807, 2.05) is 17.9 Å². The van der Waals surface area contributed by atoms with Crippen molar-refractivity contribution in [2.75, 3.05) is 18.0 Å². The summed E-state index contributed by atoms with van der Waals surface area (Å²) in [6.07, 6.45) is 0.190. The quantitative estimate of drug-likeness (QED) is 0.442. The topological polar surface area (TPSA) is 54.8 Å². The fraction of sp³-hybridized carbons (Fsp3) is 0.292. The zero-order chi connectivity index (χ0) is 23.3. The van der Waals surface area contributed by atoms with Crippen LogP contribution >= 0.6 is 0 Å². The molecular weight excluding hydrogens is 421 g/mol. The lowest BCUT2D eigenvalue weighted by atomic mass is 10.1. The number of nitrogens with zero attached hydrogens (tertiary/aromatic N) is 2. The number of rotatable bonds is 8. The number of hydrogen-bond acceptors (Lipinski definition) is 5. The second-order valence-electron chi connectivity index (χ2n) is 7.42. The number of ether oxygens (including phenoxy) is 2. The molecule has 0 unspecified atom stereocenters. The first-order chi connectivity index (χ1) is 15.2. The highest BCUT2D eigenvalue weighted by Gasteiger charge is 2.31. The molecule has 170 valence electrons. The lowest BCUT2D eigenvalue weighted by Crippen LogP contribution is -2.25.